The maximum atomic E-state index is 3.88. The Morgan fingerprint density at radius 3 is 2.40 bits per heavy atom. The number of piperidine rings is 5. The Bertz CT molecular complexity index is 321. The molecule has 1 aliphatic carbocycles. The quantitative estimate of drug-likeness (QED) is 0.851. The van der Waals surface area contributed by atoms with Gasteiger partial charge in [0, 0.05) is 24.7 Å². The second-order valence-corrected chi connectivity index (χ2v) is 8.36. The summed E-state index contributed by atoms with van der Waals surface area (Å²) < 4.78 is 0. The Morgan fingerprint density at radius 2 is 1.80 bits per heavy atom. The lowest BCUT2D eigenvalue weighted by atomic mass is 9.67. The van der Waals surface area contributed by atoms with E-state index in [-0.39, 0.29) is 0 Å². The zero-order valence-electron chi connectivity index (χ0n) is 13.4. The average molecular weight is 276 g/mol. The first-order chi connectivity index (χ1) is 9.70. The minimum atomic E-state index is 0.794. The molecule has 2 nitrogen and oxygen atoms in total. The van der Waals surface area contributed by atoms with Gasteiger partial charge in [-0.25, -0.2) is 0 Å². The van der Waals surface area contributed by atoms with Gasteiger partial charge < -0.3 is 10.2 Å². The summed E-state index contributed by atoms with van der Waals surface area (Å²) in [6.07, 6.45) is 10.5. The van der Waals surface area contributed by atoms with Crippen molar-refractivity contribution in [2.45, 2.75) is 76.9 Å². The van der Waals surface area contributed by atoms with Crippen molar-refractivity contribution in [2.75, 3.05) is 13.1 Å². The number of nitrogens with one attached hydrogen (secondary N) is 1. The molecule has 1 saturated carbocycles. The van der Waals surface area contributed by atoms with Gasteiger partial charge in [-0.2, -0.15) is 0 Å². The molecule has 114 valence electrons. The summed E-state index contributed by atoms with van der Waals surface area (Å²) in [6.45, 7) is 7.64. The van der Waals surface area contributed by atoms with Gasteiger partial charge in [-0.1, -0.05) is 0 Å². The van der Waals surface area contributed by atoms with E-state index in [1.807, 2.05) is 0 Å². The average Bonchev–Trinajstić information content (AvgIpc) is 2.47. The number of nitrogens with zero attached hydrogens (tertiary/aromatic N) is 1. The van der Waals surface area contributed by atoms with Crippen LogP contribution in [0.15, 0.2) is 0 Å². The van der Waals surface area contributed by atoms with E-state index in [1.54, 1.807) is 0 Å². The standard InChI is InChI=1S/C18H32N2/c1-12-9-15-7-8-20(12)11-17(15)4-3-16-10-14-5-6-18(16)19-13(14)2/h12-19H,3-11H2,1-2H3/t12-,13-,14?,15?,16-,17+,18?/m0/s1. The molecule has 6 aliphatic rings. The van der Waals surface area contributed by atoms with Crippen molar-refractivity contribution in [3.05, 3.63) is 0 Å². The third kappa shape index (κ3) is 2.33. The zero-order chi connectivity index (χ0) is 13.7. The summed E-state index contributed by atoms with van der Waals surface area (Å²) in [5.74, 6) is 4.06. The molecule has 5 heterocycles. The van der Waals surface area contributed by atoms with E-state index < -0.39 is 0 Å². The van der Waals surface area contributed by atoms with Crippen molar-refractivity contribution in [2.24, 2.45) is 23.7 Å². The topological polar surface area (TPSA) is 15.3 Å². The molecule has 2 heteroatoms. The highest BCUT2D eigenvalue weighted by atomic mass is 15.2. The first-order valence-electron chi connectivity index (χ1n) is 9.21. The molecule has 1 N–H and O–H groups in total. The third-order valence-electron chi connectivity index (χ3n) is 7.31. The lowest BCUT2D eigenvalue weighted by Crippen LogP contribution is -2.56. The second-order valence-electron chi connectivity index (χ2n) is 8.36. The van der Waals surface area contributed by atoms with Crippen LogP contribution in [0.4, 0.5) is 0 Å². The highest BCUT2D eigenvalue weighted by Crippen LogP contribution is 2.42. The lowest BCUT2D eigenvalue weighted by molar-refractivity contribution is -0.00138. The largest absolute Gasteiger partial charge is 0.311 e. The molecule has 20 heavy (non-hydrogen) atoms. The smallest absolute Gasteiger partial charge is 0.00981 e. The van der Waals surface area contributed by atoms with Gasteiger partial charge in [-0.3, -0.25) is 0 Å². The highest BCUT2D eigenvalue weighted by Gasteiger charge is 2.41. The van der Waals surface area contributed by atoms with Crippen molar-refractivity contribution < 1.29 is 0 Å². The molecule has 8 atom stereocenters. The maximum Gasteiger partial charge on any atom is 0.00981 e. The fourth-order valence-electron chi connectivity index (χ4n) is 5.93. The highest BCUT2D eigenvalue weighted by molar-refractivity contribution is 4.97. The van der Waals surface area contributed by atoms with Crippen LogP contribution in [0.3, 0.4) is 0 Å². The summed E-state index contributed by atoms with van der Waals surface area (Å²) in [5, 5.41) is 3.88. The molecule has 0 radical (unpaired) electrons. The van der Waals surface area contributed by atoms with Crippen LogP contribution in [0.1, 0.15) is 58.8 Å². The third-order valence-corrected chi connectivity index (χ3v) is 7.31. The molecule has 0 amide bonds. The van der Waals surface area contributed by atoms with E-state index in [2.05, 4.69) is 24.1 Å². The first kappa shape index (κ1) is 13.6. The molecular formula is C18H32N2. The maximum absolute atomic E-state index is 3.88. The fraction of sp³-hybridized carbons (Fsp3) is 1.00. The van der Waals surface area contributed by atoms with Crippen LogP contribution in [0.2, 0.25) is 0 Å². The van der Waals surface area contributed by atoms with Gasteiger partial charge in [0.25, 0.3) is 0 Å². The van der Waals surface area contributed by atoms with E-state index in [0.29, 0.717) is 0 Å². The minimum Gasteiger partial charge on any atom is -0.311 e. The fourth-order valence-corrected chi connectivity index (χ4v) is 5.93. The number of hydrogen-bond acceptors (Lipinski definition) is 2. The minimum absolute atomic E-state index is 0.794. The van der Waals surface area contributed by atoms with Crippen LogP contribution in [-0.4, -0.2) is 36.1 Å². The zero-order valence-corrected chi connectivity index (χ0v) is 13.4. The monoisotopic (exact) mass is 276 g/mol. The Kier molecular flexibility index (Phi) is 3.58. The van der Waals surface area contributed by atoms with Gasteiger partial charge in [0.2, 0.25) is 0 Å². The summed E-state index contributed by atoms with van der Waals surface area (Å²) in [5.41, 5.74) is 0. The Morgan fingerprint density at radius 1 is 0.950 bits per heavy atom. The van der Waals surface area contributed by atoms with E-state index in [4.69, 9.17) is 0 Å². The van der Waals surface area contributed by atoms with Gasteiger partial charge in [0.15, 0.2) is 0 Å². The van der Waals surface area contributed by atoms with E-state index >= 15 is 0 Å². The van der Waals surface area contributed by atoms with Gasteiger partial charge in [-0.15, -0.1) is 0 Å². The van der Waals surface area contributed by atoms with Gasteiger partial charge in [-0.05, 0) is 89.0 Å². The van der Waals surface area contributed by atoms with E-state index in [9.17, 15) is 0 Å². The molecule has 0 aromatic rings. The van der Waals surface area contributed by atoms with Crippen LogP contribution < -0.4 is 5.32 Å². The number of rotatable bonds is 3. The molecule has 6 fully saturated rings. The van der Waals surface area contributed by atoms with E-state index in [0.717, 1.165) is 41.8 Å². The van der Waals surface area contributed by atoms with Crippen molar-refractivity contribution in [3.63, 3.8) is 0 Å². The number of hydrogen-bond donors (Lipinski definition) is 1. The predicted octanol–water partition coefficient (Wildman–Crippen LogP) is 3.27. The predicted molar refractivity (Wildman–Crippen MR) is 83.7 cm³/mol. The second kappa shape index (κ2) is 5.28. The van der Waals surface area contributed by atoms with Gasteiger partial charge in [0.1, 0.15) is 0 Å². The summed E-state index contributed by atoms with van der Waals surface area (Å²) in [7, 11) is 0. The summed E-state index contributed by atoms with van der Waals surface area (Å²) in [6, 6.07) is 2.52. The molecule has 4 bridgehead atoms. The van der Waals surface area contributed by atoms with E-state index in [1.165, 1.54) is 58.0 Å². The molecule has 5 saturated heterocycles. The molecule has 6 rings (SSSR count). The molecule has 0 aromatic heterocycles. The molecule has 4 unspecified atom stereocenters. The SMILES string of the molecule is C[C@@H]1NC2CCC1C[C@@H]2CC[C@@H]1CN2CCC1C[C@@H]2C. The van der Waals surface area contributed by atoms with Crippen LogP contribution in [0.25, 0.3) is 0 Å². The normalized spacial score (nSPS) is 54.3. The molecular weight excluding hydrogens is 244 g/mol. The van der Waals surface area contributed by atoms with Crippen LogP contribution >= 0.6 is 0 Å². The van der Waals surface area contributed by atoms with Crippen molar-refractivity contribution >= 4 is 0 Å². The van der Waals surface area contributed by atoms with Crippen LogP contribution in [0.5, 0.6) is 0 Å². The molecule has 0 spiro atoms. The Balaban J connectivity index is 1.31. The van der Waals surface area contributed by atoms with Crippen molar-refractivity contribution in [1.29, 1.82) is 0 Å². The Labute approximate surface area is 124 Å². The lowest BCUT2D eigenvalue weighted by Gasteiger charge is -2.51. The Hall–Kier alpha value is -0.0800. The van der Waals surface area contributed by atoms with Crippen molar-refractivity contribution in [1.82, 2.24) is 10.2 Å². The van der Waals surface area contributed by atoms with Gasteiger partial charge >= 0.3 is 0 Å². The molecule has 5 aliphatic heterocycles. The number of fused-ring (bicyclic) bond motifs is 6. The first-order valence-corrected chi connectivity index (χ1v) is 9.21. The molecule has 0 aromatic carbocycles. The van der Waals surface area contributed by atoms with Crippen LogP contribution in [0, 0.1) is 23.7 Å². The van der Waals surface area contributed by atoms with Gasteiger partial charge in [0.05, 0.1) is 0 Å². The van der Waals surface area contributed by atoms with Crippen LogP contribution in [-0.2, 0) is 0 Å². The summed E-state index contributed by atoms with van der Waals surface area (Å²) in [4.78, 5) is 2.76. The van der Waals surface area contributed by atoms with Crippen molar-refractivity contribution in [3.8, 4) is 0 Å². The summed E-state index contributed by atoms with van der Waals surface area (Å²) >= 11 is 0.